The molecule has 112 valence electrons. The van der Waals surface area contributed by atoms with Crippen molar-refractivity contribution < 1.29 is 22.3 Å². The Labute approximate surface area is 119 Å². The van der Waals surface area contributed by atoms with Crippen LogP contribution in [0.1, 0.15) is 16.7 Å². The summed E-state index contributed by atoms with van der Waals surface area (Å²) in [5.41, 5.74) is 4.72. The van der Waals surface area contributed by atoms with Crippen molar-refractivity contribution in [1.82, 2.24) is 0 Å². The van der Waals surface area contributed by atoms with E-state index in [9.17, 15) is 17.6 Å². The largest absolute Gasteiger partial charge is 0.454 e. The van der Waals surface area contributed by atoms with Crippen molar-refractivity contribution in [3.05, 3.63) is 58.9 Å². The van der Waals surface area contributed by atoms with E-state index in [4.69, 9.17) is 10.5 Å². The Hall–Kier alpha value is -2.08. The van der Waals surface area contributed by atoms with Gasteiger partial charge in [-0.25, -0.2) is 4.39 Å². The van der Waals surface area contributed by atoms with E-state index < -0.39 is 17.6 Å². The summed E-state index contributed by atoms with van der Waals surface area (Å²) in [6.45, 7) is 1.30. The molecule has 0 aliphatic rings. The SMILES string of the molecule is Cc1cccc(Oc2ccc(CN)c(C(F)(F)F)c2)c1F. The van der Waals surface area contributed by atoms with Crippen LogP contribution in [0.25, 0.3) is 0 Å². The molecule has 0 radical (unpaired) electrons. The molecule has 0 saturated heterocycles. The Morgan fingerprint density at radius 1 is 1.14 bits per heavy atom. The second kappa shape index (κ2) is 5.73. The second-order valence-corrected chi connectivity index (χ2v) is 4.51. The molecule has 0 unspecified atom stereocenters. The summed E-state index contributed by atoms with van der Waals surface area (Å²) in [4.78, 5) is 0. The van der Waals surface area contributed by atoms with Gasteiger partial charge in [0.15, 0.2) is 11.6 Å². The molecule has 6 heteroatoms. The van der Waals surface area contributed by atoms with Crippen LogP contribution in [0.15, 0.2) is 36.4 Å². The molecule has 2 N–H and O–H groups in total. The lowest BCUT2D eigenvalue weighted by molar-refractivity contribution is -0.138. The van der Waals surface area contributed by atoms with E-state index >= 15 is 0 Å². The highest BCUT2D eigenvalue weighted by Gasteiger charge is 2.33. The van der Waals surface area contributed by atoms with Gasteiger partial charge in [0.25, 0.3) is 0 Å². The standard InChI is InChI=1S/C15H13F4NO/c1-9-3-2-4-13(14(9)16)21-11-6-5-10(8-20)12(7-11)15(17,18)19/h2-7H,8,20H2,1H3. The Morgan fingerprint density at radius 3 is 2.48 bits per heavy atom. The maximum absolute atomic E-state index is 13.8. The number of halogens is 4. The van der Waals surface area contributed by atoms with Crippen molar-refractivity contribution >= 4 is 0 Å². The highest BCUT2D eigenvalue weighted by atomic mass is 19.4. The Balaban J connectivity index is 2.40. The van der Waals surface area contributed by atoms with Crippen molar-refractivity contribution in [1.29, 1.82) is 0 Å². The molecular formula is C15H13F4NO. The lowest BCUT2D eigenvalue weighted by Gasteiger charge is -2.14. The summed E-state index contributed by atoms with van der Waals surface area (Å²) in [6, 6.07) is 7.84. The molecule has 0 saturated carbocycles. The second-order valence-electron chi connectivity index (χ2n) is 4.51. The van der Waals surface area contributed by atoms with Crippen LogP contribution in [-0.2, 0) is 12.7 Å². The van der Waals surface area contributed by atoms with Crippen molar-refractivity contribution in [3.63, 3.8) is 0 Å². The number of hydrogen-bond donors (Lipinski definition) is 1. The van der Waals surface area contributed by atoms with E-state index in [0.29, 0.717) is 5.56 Å². The van der Waals surface area contributed by atoms with Gasteiger partial charge in [-0.1, -0.05) is 18.2 Å². The lowest BCUT2D eigenvalue weighted by Crippen LogP contribution is -2.12. The summed E-state index contributed by atoms with van der Waals surface area (Å²) in [7, 11) is 0. The van der Waals surface area contributed by atoms with Crippen LogP contribution in [0.3, 0.4) is 0 Å². The predicted octanol–water partition coefficient (Wildman–Crippen LogP) is 4.40. The summed E-state index contributed by atoms with van der Waals surface area (Å²) in [5, 5.41) is 0. The van der Waals surface area contributed by atoms with Crippen LogP contribution in [-0.4, -0.2) is 0 Å². The monoisotopic (exact) mass is 299 g/mol. The summed E-state index contributed by atoms with van der Waals surface area (Å²) in [6.07, 6.45) is -4.54. The first-order valence-electron chi connectivity index (χ1n) is 6.16. The van der Waals surface area contributed by atoms with Crippen molar-refractivity contribution in [2.24, 2.45) is 5.73 Å². The van der Waals surface area contributed by atoms with Gasteiger partial charge in [0, 0.05) is 6.54 Å². The quantitative estimate of drug-likeness (QED) is 0.852. The minimum Gasteiger partial charge on any atom is -0.454 e. The maximum Gasteiger partial charge on any atom is 0.416 e. The van der Waals surface area contributed by atoms with E-state index in [0.717, 1.165) is 6.07 Å². The van der Waals surface area contributed by atoms with Gasteiger partial charge >= 0.3 is 6.18 Å². The van der Waals surface area contributed by atoms with E-state index in [2.05, 4.69) is 0 Å². The van der Waals surface area contributed by atoms with E-state index in [1.807, 2.05) is 0 Å². The Morgan fingerprint density at radius 2 is 1.86 bits per heavy atom. The predicted molar refractivity (Wildman–Crippen MR) is 70.5 cm³/mol. The molecule has 0 aliphatic carbocycles. The third kappa shape index (κ3) is 3.33. The van der Waals surface area contributed by atoms with Gasteiger partial charge in [0.1, 0.15) is 5.75 Å². The topological polar surface area (TPSA) is 35.2 Å². The highest BCUT2D eigenvalue weighted by Crippen LogP contribution is 2.36. The molecule has 0 amide bonds. The minimum atomic E-state index is -4.54. The fourth-order valence-electron chi connectivity index (χ4n) is 1.89. The molecule has 0 aliphatic heterocycles. The summed E-state index contributed by atoms with van der Waals surface area (Å²) >= 11 is 0. The average molecular weight is 299 g/mol. The smallest absolute Gasteiger partial charge is 0.416 e. The fraction of sp³-hybridized carbons (Fsp3) is 0.200. The summed E-state index contributed by atoms with van der Waals surface area (Å²) < 4.78 is 57.7. The average Bonchev–Trinajstić information content (AvgIpc) is 2.43. The van der Waals surface area contributed by atoms with Gasteiger partial charge in [-0.2, -0.15) is 13.2 Å². The molecule has 2 aromatic carbocycles. The first-order chi connectivity index (χ1) is 9.82. The molecule has 0 aromatic heterocycles. The molecule has 0 spiro atoms. The first kappa shape index (κ1) is 15.3. The number of hydrogen-bond acceptors (Lipinski definition) is 2. The van der Waals surface area contributed by atoms with Crippen LogP contribution in [0, 0.1) is 12.7 Å². The number of alkyl halides is 3. The van der Waals surface area contributed by atoms with Crippen molar-refractivity contribution in [2.75, 3.05) is 0 Å². The van der Waals surface area contributed by atoms with Gasteiger partial charge in [-0.05, 0) is 36.2 Å². The van der Waals surface area contributed by atoms with Crippen LogP contribution in [0.5, 0.6) is 11.5 Å². The zero-order valence-corrected chi connectivity index (χ0v) is 11.2. The van der Waals surface area contributed by atoms with Gasteiger partial charge in [0.05, 0.1) is 5.56 Å². The number of ether oxygens (including phenoxy) is 1. The van der Waals surface area contributed by atoms with Gasteiger partial charge in [0.2, 0.25) is 0 Å². The molecule has 2 nitrogen and oxygen atoms in total. The van der Waals surface area contributed by atoms with Crippen LogP contribution >= 0.6 is 0 Å². The van der Waals surface area contributed by atoms with Gasteiger partial charge in [-0.3, -0.25) is 0 Å². The highest BCUT2D eigenvalue weighted by molar-refractivity contribution is 5.41. The van der Waals surface area contributed by atoms with E-state index in [1.165, 1.54) is 18.2 Å². The van der Waals surface area contributed by atoms with Crippen LogP contribution in [0.2, 0.25) is 0 Å². The third-order valence-electron chi connectivity index (χ3n) is 2.99. The zero-order valence-electron chi connectivity index (χ0n) is 11.2. The molecule has 2 aromatic rings. The molecule has 0 heterocycles. The number of rotatable bonds is 3. The lowest BCUT2D eigenvalue weighted by atomic mass is 10.1. The van der Waals surface area contributed by atoms with E-state index in [1.54, 1.807) is 19.1 Å². The molecular weight excluding hydrogens is 286 g/mol. The number of benzene rings is 2. The van der Waals surface area contributed by atoms with Crippen molar-refractivity contribution in [3.8, 4) is 11.5 Å². The Bertz CT molecular complexity index is 653. The minimum absolute atomic E-state index is 0.0421. The normalized spacial score (nSPS) is 11.5. The molecule has 0 fully saturated rings. The number of aryl methyl sites for hydroxylation is 1. The third-order valence-corrected chi connectivity index (χ3v) is 2.99. The maximum atomic E-state index is 13.8. The van der Waals surface area contributed by atoms with E-state index in [-0.39, 0.29) is 23.6 Å². The molecule has 21 heavy (non-hydrogen) atoms. The van der Waals surface area contributed by atoms with Gasteiger partial charge < -0.3 is 10.5 Å². The van der Waals surface area contributed by atoms with Crippen molar-refractivity contribution in [2.45, 2.75) is 19.6 Å². The zero-order chi connectivity index (χ0) is 15.6. The fourth-order valence-corrected chi connectivity index (χ4v) is 1.89. The van der Waals surface area contributed by atoms with Crippen LogP contribution < -0.4 is 10.5 Å². The first-order valence-corrected chi connectivity index (χ1v) is 6.16. The Kier molecular flexibility index (Phi) is 4.18. The number of nitrogens with two attached hydrogens (primary N) is 1. The molecule has 0 bridgehead atoms. The van der Waals surface area contributed by atoms with Gasteiger partial charge in [-0.15, -0.1) is 0 Å². The van der Waals surface area contributed by atoms with Crippen LogP contribution in [0.4, 0.5) is 17.6 Å². The molecule has 0 atom stereocenters. The molecule has 2 rings (SSSR count). The summed E-state index contributed by atoms with van der Waals surface area (Å²) in [5.74, 6) is -0.818.